The van der Waals surface area contributed by atoms with Crippen LogP contribution in [0.5, 0.6) is 0 Å². The molecule has 35 heavy (non-hydrogen) atoms. The number of aryl methyl sites for hydroxylation is 1. The minimum atomic E-state index is -0.759. The van der Waals surface area contributed by atoms with E-state index in [1.54, 1.807) is 45.0 Å². The Bertz CT molecular complexity index is 1280. The van der Waals surface area contributed by atoms with E-state index in [-0.39, 0.29) is 17.9 Å². The van der Waals surface area contributed by atoms with Gasteiger partial charge in [0.1, 0.15) is 17.5 Å². The molecule has 3 aromatic rings. The lowest BCUT2D eigenvalue weighted by atomic mass is 10.0. The van der Waals surface area contributed by atoms with Crippen molar-refractivity contribution in [3.63, 3.8) is 0 Å². The van der Waals surface area contributed by atoms with E-state index in [0.29, 0.717) is 34.2 Å². The van der Waals surface area contributed by atoms with Gasteiger partial charge in [-0.3, -0.25) is 4.79 Å². The Kier molecular flexibility index (Phi) is 7.07. The third-order valence-corrected chi connectivity index (χ3v) is 5.91. The van der Waals surface area contributed by atoms with Gasteiger partial charge >= 0.3 is 11.9 Å². The number of ether oxygens (including phenoxy) is 2. The van der Waals surface area contributed by atoms with E-state index in [2.05, 4.69) is 10.1 Å². The second kappa shape index (κ2) is 10.2. The molecule has 1 atom stereocenters. The number of hydrazone groups is 1. The number of hydrogen-bond acceptors (Lipinski definition) is 7. The van der Waals surface area contributed by atoms with Gasteiger partial charge in [0.2, 0.25) is 0 Å². The standard InChI is InChI=1S/C25H24ClN3O6/c1-4-33-24(31)22-14(2)23(27-15(22)3)25(32)35-13-21(30)29-19(20-6-5-11-34-20)12-18(28-29)16-7-9-17(26)10-8-16/h5-11,19,27H,4,12-13H2,1-3H3/t19-/m1/s1. The molecule has 1 aromatic carbocycles. The monoisotopic (exact) mass is 497 g/mol. The number of benzene rings is 1. The van der Waals surface area contributed by atoms with Crippen LogP contribution < -0.4 is 0 Å². The average Bonchev–Trinajstić information content (AvgIpc) is 3.57. The van der Waals surface area contributed by atoms with Gasteiger partial charge in [0.05, 0.1) is 24.1 Å². The summed E-state index contributed by atoms with van der Waals surface area (Å²) in [6, 6.07) is 10.2. The third-order valence-electron chi connectivity index (χ3n) is 5.66. The molecule has 9 nitrogen and oxygen atoms in total. The number of nitrogens with zero attached hydrogens (tertiary/aromatic N) is 2. The number of amides is 1. The summed E-state index contributed by atoms with van der Waals surface area (Å²) >= 11 is 5.99. The molecule has 0 bridgehead atoms. The van der Waals surface area contributed by atoms with Crippen LogP contribution in [0.4, 0.5) is 0 Å². The van der Waals surface area contributed by atoms with E-state index in [0.717, 1.165) is 5.56 Å². The lowest BCUT2D eigenvalue weighted by molar-refractivity contribution is -0.136. The van der Waals surface area contributed by atoms with Crippen LogP contribution in [-0.2, 0) is 14.3 Å². The SMILES string of the molecule is CCOC(=O)c1c(C)[nH]c(C(=O)OCC(=O)N2N=C(c3ccc(Cl)cc3)C[C@@H]2c2ccco2)c1C. The van der Waals surface area contributed by atoms with Gasteiger partial charge in [-0.25, -0.2) is 14.6 Å². The number of nitrogens with one attached hydrogen (secondary N) is 1. The zero-order chi connectivity index (χ0) is 25.1. The molecule has 0 radical (unpaired) electrons. The summed E-state index contributed by atoms with van der Waals surface area (Å²) in [4.78, 5) is 40.8. The summed E-state index contributed by atoms with van der Waals surface area (Å²) in [6.07, 6.45) is 1.95. The van der Waals surface area contributed by atoms with Crippen molar-refractivity contribution >= 4 is 35.2 Å². The van der Waals surface area contributed by atoms with Crippen LogP contribution in [0.3, 0.4) is 0 Å². The number of aromatic nitrogens is 1. The van der Waals surface area contributed by atoms with E-state index in [1.807, 2.05) is 12.1 Å². The minimum absolute atomic E-state index is 0.0905. The highest BCUT2D eigenvalue weighted by Crippen LogP contribution is 2.33. The number of esters is 2. The number of aromatic amines is 1. The molecule has 0 saturated heterocycles. The number of H-pyrrole nitrogens is 1. The fourth-order valence-corrected chi connectivity index (χ4v) is 4.11. The highest BCUT2D eigenvalue weighted by Gasteiger charge is 2.35. The van der Waals surface area contributed by atoms with Crippen LogP contribution in [0.1, 0.15) is 62.8 Å². The summed E-state index contributed by atoms with van der Waals surface area (Å²) in [5, 5.41) is 6.36. The maximum Gasteiger partial charge on any atom is 0.355 e. The van der Waals surface area contributed by atoms with Crippen LogP contribution in [0, 0.1) is 13.8 Å². The zero-order valence-electron chi connectivity index (χ0n) is 19.5. The van der Waals surface area contributed by atoms with Gasteiger partial charge in [-0.1, -0.05) is 23.7 Å². The lowest BCUT2D eigenvalue weighted by Gasteiger charge is -2.19. The predicted molar refractivity (Wildman–Crippen MR) is 127 cm³/mol. The number of hydrogen-bond donors (Lipinski definition) is 1. The van der Waals surface area contributed by atoms with Crippen molar-refractivity contribution in [3.05, 3.63) is 81.5 Å². The van der Waals surface area contributed by atoms with Gasteiger partial charge < -0.3 is 18.9 Å². The van der Waals surface area contributed by atoms with Gasteiger partial charge in [0.15, 0.2) is 6.61 Å². The Hall–Kier alpha value is -3.85. The summed E-state index contributed by atoms with van der Waals surface area (Å²) in [5.41, 5.74) is 2.75. The first-order valence-corrected chi connectivity index (χ1v) is 11.4. The Morgan fingerprint density at radius 1 is 1.14 bits per heavy atom. The molecule has 182 valence electrons. The first-order chi connectivity index (χ1) is 16.8. The highest BCUT2D eigenvalue weighted by molar-refractivity contribution is 6.30. The van der Waals surface area contributed by atoms with Crippen LogP contribution in [0.2, 0.25) is 5.02 Å². The molecular weight excluding hydrogens is 474 g/mol. The van der Waals surface area contributed by atoms with Gasteiger partial charge in [-0.2, -0.15) is 5.10 Å². The van der Waals surface area contributed by atoms with E-state index >= 15 is 0 Å². The van der Waals surface area contributed by atoms with E-state index in [9.17, 15) is 14.4 Å². The van der Waals surface area contributed by atoms with Gasteiger partial charge in [-0.05, 0) is 56.2 Å². The van der Waals surface area contributed by atoms with Crippen LogP contribution in [0.15, 0.2) is 52.2 Å². The summed E-state index contributed by atoms with van der Waals surface area (Å²) in [5.74, 6) is -1.25. The molecule has 2 aromatic heterocycles. The van der Waals surface area contributed by atoms with Crippen LogP contribution >= 0.6 is 11.6 Å². The number of carbonyl (C=O) groups excluding carboxylic acids is 3. The molecule has 0 fully saturated rings. The van der Waals surface area contributed by atoms with E-state index in [1.165, 1.54) is 11.3 Å². The Morgan fingerprint density at radius 3 is 2.54 bits per heavy atom. The summed E-state index contributed by atoms with van der Waals surface area (Å²) in [6.45, 7) is 4.64. The second-order valence-corrected chi connectivity index (χ2v) is 8.39. The molecule has 3 heterocycles. The van der Waals surface area contributed by atoms with Crippen molar-refractivity contribution in [3.8, 4) is 0 Å². The predicted octanol–water partition coefficient (Wildman–Crippen LogP) is 4.59. The summed E-state index contributed by atoms with van der Waals surface area (Å²) < 4.78 is 15.9. The second-order valence-electron chi connectivity index (χ2n) is 7.95. The zero-order valence-corrected chi connectivity index (χ0v) is 20.2. The fourth-order valence-electron chi connectivity index (χ4n) is 3.99. The first-order valence-electron chi connectivity index (χ1n) is 11.0. The Morgan fingerprint density at radius 2 is 1.89 bits per heavy atom. The number of carbonyl (C=O) groups is 3. The molecule has 0 spiro atoms. The van der Waals surface area contributed by atoms with Crippen molar-refractivity contribution in [2.75, 3.05) is 13.2 Å². The molecular formula is C25H24ClN3O6. The number of halogens is 1. The minimum Gasteiger partial charge on any atom is -0.467 e. The first kappa shape index (κ1) is 24.3. The molecule has 1 aliphatic rings. The highest BCUT2D eigenvalue weighted by atomic mass is 35.5. The smallest absolute Gasteiger partial charge is 0.355 e. The van der Waals surface area contributed by atoms with Crippen LogP contribution in [0.25, 0.3) is 0 Å². The normalized spacial score (nSPS) is 15.1. The van der Waals surface area contributed by atoms with Crippen molar-refractivity contribution in [1.82, 2.24) is 9.99 Å². The molecule has 0 unspecified atom stereocenters. The lowest BCUT2D eigenvalue weighted by Crippen LogP contribution is -2.31. The number of furan rings is 1. The molecule has 0 aliphatic carbocycles. The quantitative estimate of drug-likeness (QED) is 0.477. The summed E-state index contributed by atoms with van der Waals surface area (Å²) in [7, 11) is 0. The van der Waals surface area contributed by atoms with Crippen molar-refractivity contribution in [2.24, 2.45) is 5.10 Å². The van der Waals surface area contributed by atoms with Crippen molar-refractivity contribution in [2.45, 2.75) is 33.2 Å². The molecule has 4 rings (SSSR count). The average molecular weight is 498 g/mol. The Balaban J connectivity index is 1.50. The Labute approximate surface area is 206 Å². The molecule has 1 aliphatic heterocycles. The van der Waals surface area contributed by atoms with Gasteiger partial charge in [-0.15, -0.1) is 0 Å². The molecule has 1 amide bonds. The van der Waals surface area contributed by atoms with Crippen molar-refractivity contribution < 1.29 is 28.3 Å². The molecule has 10 heteroatoms. The fraction of sp³-hybridized carbons (Fsp3) is 0.280. The topological polar surface area (TPSA) is 114 Å². The van der Waals surface area contributed by atoms with Gasteiger partial charge in [0, 0.05) is 17.1 Å². The third kappa shape index (κ3) is 5.00. The van der Waals surface area contributed by atoms with Gasteiger partial charge in [0.25, 0.3) is 5.91 Å². The number of rotatable bonds is 7. The maximum absolute atomic E-state index is 13.1. The van der Waals surface area contributed by atoms with Crippen LogP contribution in [-0.4, -0.2) is 46.8 Å². The van der Waals surface area contributed by atoms with Crippen molar-refractivity contribution in [1.29, 1.82) is 0 Å². The van der Waals surface area contributed by atoms with E-state index < -0.39 is 30.5 Å². The maximum atomic E-state index is 13.1. The van der Waals surface area contributed by atoms with E-state index in [4.69, 9.17) is 25.5 Å². The largest absolute Gasteiger partial charge is 0.467 e. The molecule has 0 saturated carbocycles. The molecule has 1 N–H and O–H groups in total.